The van der Waals surface area contributed by atoms with Crippen LogP contribution in [-0.4, -0.2) is 30.2 Å². The Hall–Kier alpha value is -3.11. The average Bonchev–Trinajstić information content (AvgIpc) is 2.67. The number of nitro groups is 1. The Morgan fingerprint density at radius 1 is 1.11 bits per heavy atom. The van der Waals surface area contributed by atoms with Gasteiger partial charge in [-0.3, -0.25) is 25.8 Å². The molecule has 0 aliphatic rings. The van der Waals surface area contributed by atoms with Gasteiger partial charge < -0.3 is 14.8 Å². The number of nitro benzene ring substituents is 1. The molecule has 0 bridgehead atoms. The van der Waals surface area contributed by atoms with Crippen LogP contribution in [0, 0.1) is 10.1 Å². The largest absolute Gasteiger partial charge is 0.497 e. The van der Waals surface area contributed by atoms with E-state index in [0.717, 1.165) is 0 Å². The fourth-order valence-corrected chi connectivity index (χ4v) is 2.33. The third kappa shape index (κ3) is 5.43. The Kier molecular flexibility index (Phi) is 6.74. The van der Waals surface area contributed by atoms with E-state index in [9.17, 15) is 14.9 Å². The van der Waals surface area contributed by atoms with Gasteiger partial charge in [-0.1, -0.05) is 11.6 Å². The molecule has 0 aromatic heterocycles. The number of hydrogen-bond acceptors (Lipinski definition) is 6. The number of halogens is 1. The molecule has 0 aliphatic carbocycles. The van der Waals surface area contributed by atoms with E-state index in [0.29, 0.717) is 11.5 Å². The molecule has 0 fully saturated rings. The Balaban J connectivity index is 2.02. The lowest BCUT2D eigenvalue weighted by molar-refractivity contribution is -0.384. The van der Waals surface area contributed by atoms with Crippen molar-refractivity contribution in [1.82, 2.24) is 10.9 Å². The maximum atomic E-state index is 12.3. The van der Waals surface area contributed by atoms with Crippen LogP contribution < -0.4 is 25.6 Å². The second-order valence-electron chi connectivity index (χ2n) is 5.06. The number of nitrogens with one attached hydrogen (secondary N) is 3. The van der Waals surface area contributed by atoms with Gasteiger partial charge in [-0.15, -0.1) is 0 Å². The Morgan fingerprint density at radius 3 is 2.30 bits per heavy atom. The summed E-state index contributed by atoms with van der Waals surface area (Å²) in [5.41, 5.74) is 5.23. The van der Waals surface area contributed by atoms with E-state index in [-0.39, 0.29) is 27.1 Å². The minimum absolute atomic E-state index is 0.0133. The molecule has 0 atom stereocenters. The second kappa shape index (κ2) is 9.01. The van der Waals surface area contributed by atoms with Gasteiger partial charge in [0.15, 0.2) is 5.11 Å². The van der Waals surface area contributed by atoms with Gasteiger partial charge in [-0.2, -0.15) is 0 Å². The number of ether oxygens (including phenoxy) is 2. The molecule has 2 aromatic rings. The highest BCUT2D eigenvalue weighted by Crippen LogP contribution is 2.26. The Bertz CT molecular complexity index is 871. The van der Waals surface area contributed by atoms with Gasteiger partial charge in [0, 0.05) is 23.8 Å². The summed E-state index contributed by atoms with van der Waals surface area (Å²) in [5, 5.41) is 13.7. The van der Waals surface area contributed by atoms with E-state index in [1.807, 2.05) is 0 Å². The molecule has 0 heterocycles. The molecule has 0 spiro atoms. The molecule has 0 aliphatic heterocycles. The van der Waals surface area contributed by atoms with Crippen molar-refractivity contribution in [2.24, 2.45) is 0 Å². The molecular weight excluding hydrogens is 396 g/mol. The fraction of sp³-hybridized carbons (Fsp3) is 0.125. The van der Waals surface area contributed by atoms with Crippen molar-refractivity contribution in [1.29, 1.82) is 0 Å². The maximum absolute atomic E-state index is 12.3. The van der Waals surface area contributed by atoms with Crippen molar-refractivity contribution in [3.63, 3.8) is 0 Å². The highest BCUT2D eigenvalue weighted by molar-refractivity contribution is 7.80. The number of anilines is 1. The predicted octanol–water partition coefficient (Wildman–Crippen LogP) is 2.90. The van der Waals surface area contributed by atoms with Crippen LogP contribution in [0.15, 0.2) is 36.4 Å². The molecule has 27 heavy (non-hydrogen) atoms. The molecule has 2 rings (SSSR count). The smallest absolute Gasteiger partial charge is 0.271 e. The first-order chi connectivity index (χ1) is 12.8. The highest BCUT2D eigenvalue weighted by Gasteiger charge is 2.13. The second-order valence-corrected chi connectivity index (χ2v) is 5.87. The number of methoxy groups -OCH3 is 2. The topological polar surface area (TPSA) is 115 Å². The maximum Gasteiger partial charge on any atom is 0.271 e. The SMILES string of the molecule is COc1cc(OC)cc(C(=O)NNC(=S)Nc2cc([N+](=O)[O-])ccc2Cl)c1. The lowest BCUT2D eigenvalue weighted by Gasteiger charge is -2.13. The van der Waals surface area contributed by atoms with E-state index in [2.05, 4.69) is 16.2 Å². The van der Waals surface area contributed by atoms with Crippen LogP contribution in [-0.2, 0) is 0 Å². The van der Waals surface area contributed by atoms with E-state index < -0.39 is 10.8 Å². The molecule has 0 unspecified atom stereocenters. The van der Waals surface area contributed by atoms with Crippen LogP contribution in [0.3, 0.4) is 0 Å². The van der Waals surface area contributed by atoms with Crippen LogP contribution >= 0.6 is 23.8 Å². The minimum Gasteiger partial charge on any atom is -0.497 e. The third-order valence-electron chi connectivity index (χ3n) is 3.31. The summed E-state index contributed by atoms with van der Waals surface area (Å²) in [7, 11) is 2.94. The highest BCUT2D eigenvalue weighted by atomic mass is 35.5. The molecule has 0 radical (unpaired) electrons. The van der Waals surface area contributed by atoms with Gasteiger partial charge in [0.25, 0.3) is 11.6 Å². The zero-order valence-corrected chi connectivity index (χ0v) is 15.8. The minimum atomic E-state index is -0.560. The van der Waals surface area contributed by atoms with Crippen molar-refractivity contribution < 1.29 is 19.2 Å². The molecule has 0 saturated carbocycles. The van der Waals surface area contributed by atoms with Crippen LogP contribution in [0.25, 0.3) is 0 Å². The summed E-state index contributed by atoms with van der Waals surface area (Å²) in [4.78, 5) is 22.5. The Labute approximate surface area is 164 Å². The molecule has 3 N–H and O–H groups in total. The van der Waals surface area contributed by atoms with E-state index in [1.165, 1.54) is 44.6 Å². The van der Waals surface area contributed by atoms with Crippen LogP contribution in [0.2, 0.25) is 5.02 Å². The van der Waals surface area contributed by atoms with Crippen molar-refractivity contribution in [2.75, 3.05) is 19.5 Å². The zero-order valence-electron chi connectivity index (χ0n) is 14.2. The summed E-state index contributed by atoms with van der Waals surface area (Å²) >= 11 is 11.0. The van der Waals surface area contributed by atoms with Crippen molar-refractivity contribution in [3.05, 3.63) is 57.1 Å². The number of carbonyl (C=O) groups excluding carboxylic acids is 1. The summed E-state index contributed by atoms with van der Waals surface area (Å²) in [6, 6.07) is 8.53. The quantitative estimate of drug-likeness (QED) is 0.391. The normalized spacial score (nSPS) is 9.89. The van der Waals surface area contributed by atoms with E-state index >= 15 is 0 Å². The van der Waals surface area contributed by atoms with E-state index in [4.69, 9.17) is 33.3 Å². The summed E-state index contributed by atoms with van der Waals surface area (Å²) in [5.74, 6) is 0.397. The number of non-ortho nitro benzene ring substituents is 1. The number of rotatable bonds is 5. The summed E-state index contributed by atoms with van der Waals surface area (Å²) in [6.45, 7) is 0. The molecule has 0 saturated heterocycles. The molecule has 142 valence electrons. The van der Waals surface area contributed by atoms with Gasteiger partial charge >= 0.3 is 0 Å². The number of carbonyl (C=O) groups is 1. The number of nitrogens with zero attached hydrogens (tertiary/aromatic N) is 1. The van der Waals surface area contributed by atoms with Gasteiger partial charge in [-0.05, 0) is 30.4 Å². The molecule has 2 aromatic carbocycles. The monoisotopic (exact) mass is 410 g/mol. The van der Waals surface area contributed by atoms with Gasteiger partial charge in [-0.25, -0.2) is 0 Å². The zero-order chi connectivity index (χ0) is 20.0. The van der Waals surface area contributed by atoms with Crippen LogP contribution in [0.4, 0.5) is 11.4 Å². The third-order valence-corrected chi connectivity index (χ3v) is 3.85. The molecule has 11 heteroatoms. The number of hydrazine groups is 1. The predicted molar refractivity (Wildman–Crippen MR) is 104 cm³/mol. The van der Waals surface area contributed by atoms with Crippen molar-refractivity contribution in [2.45, 2.75) is 0 Å². The number of amides is 1. The van der Waals surface area contributed by atoms with Gasteiger partial charge in [0.05, 0.1) is 29.9 Å². The summed E-state index contributed by atoms with van der Waals surface area (Å²) in [6.07, 6.45) is 0. The first-order valence-electron chi connectivity index (χ1n) is 7.38. The first-order valence-corrected chi connectivity index (χ1v) is 8.17. The van der Waals surface area contributed by atoms with Gasteiger partial charge in [0.1, 0.15) is 11.5 Å². The van der Waals surface area contributed by atoms with Crippen molar-refractivity contribution >= 4 is 46.2 Å². The Morgan fingerprint density at radius 2 is 1.74 bits per heavy atom. The number of hydrogen-bond donors (Lipinski definition) is 3. The number of benzene rings is 2. The number of thiocarbonyl (C=S) groups is 1. The molecule has 9 nitrogen and oxygen atoms in total. The standard InChI is InChI=1S/C16H15ClN4O5S/c1-25-11-5-9(6-12(8-11)26-2)15(22)19-20-16(27)18-14-7-10(21(23)24)3-4-13(14)17/h3-8H,1-2H3,(H,19,22)(H2,18,20,27). The lowest BCUT2D eigenvalue weighted by atomic mass is 10.2. The van der Waals surface area contributed by atoms with E-state index in [1.54, 1.807) is 6.07 Å². The molecule has 1 amide bonds. The first kappa shape index (κ1) is 20.2. The summed E-state index contributed by atoms with van der Waals surface area (Å²) < 4.78 is 10.2. The van der Waals surface area contributed by atoms with Crippen LogP contribution in [0.1, 0.15) is 10.4 Å². The average molecular weight is 411 g/mol. The molecular formula is C16H15ClN4O5S. The van der Waals surface area contributed by atoms with Gasteiger partial charge in [0.2, 0.25) is 0 Å². The lowest BCUT2D eigenvalue weighted by Crippen LogP contribution is -2.43. The van der Waals surface area contributed by atoms with Crippen molar-refractivity contribution in [3.8, 4) is 11.5 Å². The fourth-order valence-electron chi connectivity index (χ4n) is 2.00. The van der Waals surface area contributed by atoms with Crippen LogP contribution in [0.5, 0.6) is 11.5 Å².